The van der Waals surface area contributed by atoms with Gasteiger partial charge in [0.2, 0.25) is 47.3 Å². The first-order valence-corrected chi connectivity index (χ1v) is 22.9. The normalized spacial score (nSPS) is 15.1. The summed E-state index contributed by atoms with van der Waals surface area (Å²) in [5, 5.41) is 34.6. The number of hydrogen-bond donors (Lipinski definition) is 10. The molecule has 0 saturated carbocycles. The summed E-state index contributed by atoms with van der Waals surface area (Å²) in [5.41, 5.74) is 14.6. The van der Waals surface area contributed by atoms with E-state index in [4.69, 9.17) is 11.5 Å². The Morgan fingerprint density at radius 1 is 0.514 bits per heavy atom. The Kier molecular flexibility index (Phi) is 19.8. The minimum absolute atomic E-state index is 0.0347. The number of nitrogens with one attached hydrogen (secondary N) is 6. The minimum Gasteiger partial charge on any atom is -0.508 e. The van der Waals surface area contributed by atoms with E-state index in [1.54, 1.807) is 29.2 Å². The second-order valence-electron chi connectivity index (χ2n) is 17.1. The van der Waals surface area contributed by atoms with Crippen molar-refractivity contribution in [2.75, 3.05) is 39.3 Å². The molecule has 5 rings (SSSR count). The lowest BCUT2D eigenvalue weighted by molar-refractivity contribution is -0.139. The van der Waals surface area contributed by atoms with E-state index in [9.17, 15) is 48.6 Å². The van der Waals surface area contributed by atoms with Crippen molar-refractivity contribution in [2.45, 2.75) is 75.8 Å². The highest BCUT2D eigenvalue weighted by molar-refractivity contribution is 5.94. The fourth-order valence-electron chi connectivity index (χ4n) is 7.71. The number of nitrogens with zero attached hydrogens (tertiary/aromatic N) is 2. The topological polar surface area (TPSA) is 308 Å². The van der Waals surface area contributed by atoms with Gasteiger partial charge in [-0.2, -0.15) is 0 Å². The van der Waals surface area contributed by atoms with Crippen LogP contribution in [0.4, 0.5) is 0 Å². The fraction of sp³-hybridized carbons (Fsp3) is 0.360. The predicted molar refractivity (Wildman–Crippen MR) is 258 cm³/mol. The average molecular weight is 963 g/mol. The lowest BCUT2D eigenvalue weighted by Crippen LogP contribution is -2.60. The van der Waals surface area contributed by atoms with E-state index in [1.807, 2.05) is 65.6 Å². The summed E-state index contributed by atoms with van der Waals surface area (Å²) < 4.78 is 0. The number of primary amides is 1. The van der Waals surface area contributed by atoms with Gasteiger partial charge in [0.25, 0.3) is 0 Å². The van der Waals surface area contributed by atoms with Crippen LogP contribution in [0.3, 0.4) is 0 Å². The molecule has 1 heterocycles. The predicted octanol–water partition coefficient (Wildman–Crippen LogP) is -1.09. The molecular formula is C50H62N10O10. The number of rotatable bonds is 23. The van der Waals surface area contributed by atoms with Crippen molar-refractivity contribution in [3.8, 4) is 11.5 Å². The van der Waals surface area contributed by atoms with E-state index in [-0.39, 0.29) is 69.3 Å². The van der Waals surface area contributed by atoms with Gasteiger partial charge in [-0.05, 0) is 73.2 Å². The lowest BCUT2D eigenvalue weighted by atomic mass is 10.0. The number of phenols is 2. The first-order chi connectivity index (χ1) is 33.4. The molecule has 1 aliphatic heterocycles. The molecule has 4 aromatic rings. The highest BCUT2D eigenvalue weighted by Crippen LogP contribution is 2.16. The third-order valence-electron chi connectivity index (χ3n) is 11.7. The Labute approximate surface area is 405 Å². The van der Waals surface area contributed by atoms with E-state index >= 15 is 0 Å². The molecule has 0 radical (unpaired) electrons. The summed E-state index contributed by atoms with van der Waals surface area (Å²) in [7, 11) is 0. The standard InChI is InChI=1S/C50H62N10O10/c1-31(56-48(68)39(51)25-35-13-17-37(61)18-14-35)46(66)53-30-44(64)57-41(27-33-9-5-3-6-10-33)50(70)60-23-21-59(22-24-60)42(28-34-11-7-4-8-12-34)49(69)54-29-43(63)55-32(2)47(67)58-40(45(52)65)26-36-15-19-38(62)20-16-36/h3-20,31-32,39-42,61-62H,21-30,51H2,1-2H3,(H2,52,65)(H,53,66)(H,54,69)(H,55,63)(H,56,68)(H,57,64)(H,58,67)/t31-,32-,39+,40+,41+,42+/m1/s1. The van der Waals surface area contributed by atoms with Crippen molar-refractivity contribution in [3.63, 3.8) is 0 Å². The monoisotopic (exact) mass is 962 g/mol. The zero-order chi connectivity index (χ0) is 50.7. The van der Waals surface area contributed by atoms with Crippen LogP contribution in [0.15, 0.2) is 109 Å². The Morgan fingerprint density at radius 2 is 0.971 bits per heavy atom. The zero-order valence-corrected chi connectivity index (χ0v) is 39.1. The van der Waals surface area contributed by atoms with Gasteiger partial charge in [0.15, 0.2) is 0 Å². The van der Waals surface area contributed by atoms with Crippen LogP contribution in [0.2, 0.25) is 0 Å². The SMILES string of the molecule is C[C@@H](NC(=O)CNC(=O)[C@H](Cc1ccccc1)N1CCN(C(=O)[C@H](Cc2ccccc2)NC(=O)CNC(=O)[C@@H](C)NC(=O)[C@@H](N)Cc2ccc(O)cc2)CC1)C(=O)N[C@@H](Cc1ccc(O)cc1)C(N)=O. The average Bonchev–Trinajstić information content (AvgIpc) is 3.35. The van der Waals surface area contributed by atoms with Crippen LogP contribution < -0.4 is 43.4 Å². The van der Waals surface area contributed by atoms with Crippen LogP contribution in [-0.2, 0) is 64.0 Å². The van der Waals surface area contributed by atoms with Crippen molar-refractivity contribution in [1.82, 2.24) is 41.7 Å². The van der Waals surface area contributed by atoms with Crippen molar-refractivity contribution in [1.29, 1.82) is 0 Å². The number of carbonyl (C=O) groups is 8. The summed E-state index contributed by atoms with van der Waals surface area (Å²) >= 11 is 0. The third-order valence-corrected chi connectivity index (χ3v) is 11.7. The molecule has 372 valence electrons. The largest absolute Gasteiger partial charge is 0.508 e. The number of nitrogens with two attached hydrogens (primary N) is 2. The lowest BCUT2D eigenvalue weighted by Gasteiger charge is -2.40. The molecule has 0 aliphatic carbocycles. The van der Waals surface area contributed by atoms with E-state index in [1.165, 1.54) is 38.1 Å². The molecule has 0 spiro atoms. The second kappa shape index (κ2) is 26.1. The Morgan fingerprint density at radius 3 is 1.51 bits per heavy atom. The van der Waals surface area contributed by atoms with Gasteiger partial charge in [0.1, 0.15) is 35.7 Å². The molecule has 0 bridgehead atoms. The number of phenolic OH excluding ortho intramolecular Hbond substituents is 2. The molecule has 70 heavy (non-hydrogen) atoms. The van der Waals surface area contributed by atoms with Crippen molar-refractivity contribution in [3.05, 3.63) is 131 Å². The molecule has 0 aromatic heterocycles. The smallest absolute Gasteiger partial charge is 0.245 e. The first-order valence-electron chi connectivity index (χ1n) is 22.9. The van der Waals surface area contributed by atoms with Gasteiger partial charge in [-0.1, -0.05) is 84.9 Å². The van der Waals surface area contributed by atoms with Crippen molar-refractivity contribution < 1.29 is 48.6 Å². The molecule has 8 amide bonds. The minimum atomic E-state index is -1.09. The highest BCUT2D eigenvalue weighted by atomic mass is 16.3. The highest BCUT2D eigenvalue weighted by Gasteiger charge is 2.34. The van der Waals surface area contributed by atoms with Gasteiger partial charge in [0.05, 0.1) is 25.2 Å². The molecule has 1 aliphatic rings. The first kappa shape index (κ1) is 53.1. The quantitative estimate of drug-likeness (QED) is 0.0424. The van der Waals surface area contributed by atoms with Crippen LogP contribution in [0, 0.1) is 0 Å². The number of hydrogen-bond acceptors (Lipinski definition) is 12. The Balaban J connectivity index is 1.14. The Hall–Kier alpha value is -7.84. The summed E-state index contributed by atoms with van der Waals surface area (Å²) in [6.07, 6.45) is 0.654. The van der Waals surface area contributed by atoms with E-state index in [0.717, 1.165) is 11.1 Å². The van der Waals surface area contributed by atoms with Gasteiger partial charge in [0, 0.05) is 39.0 Å². The summed E-state index contributed by atoms with van der Waals surface area (Å²) in [6, 6.07) is 24.7. The maximum Gasteiger partial charge on any atom is 0.245 e. The molecule has 1 saturated heterocycles. The number of benzene rings is 4. The number of aromatic hydroxyl groups is 2. The maximum absolute atomic E-state index is 14.2. The van der Waals surface area contributed by atoms with Gasteiger partial charge in [-0.25, -0.2) is 0 Å². The van der Waals surface area contributed by atoms with Crippen LogP contribution in [0.25, 0.3) is 0 Å². The fourth-order valence-corrected chi connectivity index (χ4v) is 7.71. The van der Waals surface area contributed by atoms with Crippen LogP contribution in [-0.4, -0.2) is 143 Å². The van der Waals surface area contributed by atoms with E-state index < -0.39 is 90.7 Å². The van der Waals surface area contributed by atoms with Crippen molar-refractivity contribution in [2.24, 2.45) is 11.5 Å². The molecule has 4 aromatic carbocycles. The van der Waals surface area contributed by atoms with Gasteiger partial charge in [-0.15, -0.1) is 0 Å². The van der Waals surface area contributed by atoms with Crippen molar-refractivity contribution >= 4 is 47.3 Å². The van der Waals surface area contributed by atoms with E-state index in [0.29, 0.717) is 11.1 Å². The molecular weight excluding hydrogens is 901 g/mol. The number of amides is 8. The van der Waals surface area contributed by atoms with Crippen LogP contribution in [0.5, 0.6) is 11.5 Å². The number of carbonyl (C=O) groups excluding carboxylic acids is 8. The second-order valence-corrected chi connectivity index (χ2v) is 17.1. The third kappa shape index (κ3) is 16.7. The zero-order valence-electron chi connectivity index (χ0n) is 39.1. The number of piperazine rings is 1. The molecule has 20 heteroatoms. The molecule has 6 atom stereocenters. The molecule has 0 unspecified atom stereocenters. The maximum atomic E-state index is 14.2. The van der Waals surface area contributed by atoms with E-state index in [2.05, 4.69) is 31.9 Å². The summed E-state index contributed by atoms with van der Waals surface area (Å²) in [6.45, 7) is 2.88. The molecule has 20 nitrogen and oxygen atoms in total. The molecule has 12 N–H and O–H groups in total. The van der Waals surface area contributed by atoms with Gasteiger partial charge in [-0.3, -0.25) is 43.3 Å². The van der Waals surface area contributed by atoms with Crippen LogP contribution in [0.1, 0.15) is 36.1 Å². The van der Waals surface area contributed by atoms with Gasteiger partial charge < -0.3 is 58.5 Å². The van der Waals surface area contributed by atoms with Gasteiger partial charge >= 0.3 is 0 Å². The summed E-state index contributed by atoms with van der Waals surface area (Å²) in [5.74, 6) is -4.71. The van der Waals surface area contributed by atoms with Crippen LogP contribution >= 0.6 is 0 Å². The summed E-state index contributed by atoms with van der Waals surface area (Å²) in [4.78, 5) is 109. The Bertz CT molecular complexity index is 2420. The molecule has 1 fully saturated rings.